The number of hydrogen-bond donors (Lipinski definition) is 2. The standard InChI is InChI=1S/C21H27N7/c1-14-9-15(2)11-17(10-14)21-23-18(22-19-12-16(3)25-26-19)13-20(24-21)28-7-5-27(4)6-8-28/h9-13H,5-8H2,1-4H3,(H2,22,23,24,25,26). The SMILES string of the molecule is Cc1cc(C)cc(-c2nc(Nc3cc(C)[nH]n3)cc(N3CCN(C)CC3)n2)c1. The van der Waals surface area contributed by atoms with Crippen molar-refractivity contribution in [1.82, 2.24) is 25.1 Å². The first-order chi connectivity index (χ1) is 13.5. The minimum Gasteiger partial charge on any atom is -0.354 e. The van der Waals surface area contributed by atoms with Crippen LogP contribution in [0.4, 0.5) is 17.5 Å². The van der Waals surface area contributed by atoms with Gasteiger partial charge in [-0.15, -0.1) is 0 Å². The van der Waals surface area contributed by atoms with E-state index in [1.165, 1.54) is 11.1 Å². The highest BCUT2D eigenvalue weighted by Gasteiger charge is 2.18. The molecule has 0 amide bonds. The normalized spacial score (nSPS) is 15.1. The number of aryl methyl sites for hydroxylation is 3. The second-order valence-corrected chi connectivity index (χ2v) is 7.66. The predicted octanol–water partition coefficient (Wildman–Crippen LogP) is 3.29. The molecular formula is C21H27N7. The van der Waals surface area contributed by atoms with Crippen LogP contribution in [0.15, 0.2) is 30.3 Å². The van der Waals surface area contributed by atoms with E-state index in [2.05, 4.69) is 64.4 Å². The maximum atomic E-state index is 4.91. The lowest BCUT2D eigenvalue weighted by Crippen LogP contribution is -2.44. The second kappa shape index (κ2) is 7.59. The van der Waals surface area contributed by atoms with E-state index in [1.54, 1.807) is 0 Å². The molecule has 2 N–H and O–H groups in total. The smallest absolute Gasteiger partial charge is 0.163 e. The molecule has 28 heavy (non-hydrogen) atoms. The van der Waals surface area contributed by atoms with Crippen molar-refractivity contribution in [3.63, 3.8) is 0 Å². The summed E-state index contributed by atoms with van der Waals surface area (Å²) in [6.07, 6.45) is 0. The van der Waals surface area contributed by atoms with Gasteiger partial charge in [0.15, 0.2) is 11.6 Å². The molecule has 4 rings (SSSR count). The van der Waals surface area contributed by atoms with Crippen LogP contribution in [0.3, 0.4) is 0 Å². The molecule has 0 radical (unpaired) electrons. The highest BCUT2D eigenvalue weighted by atomic mass is 15.3. The molecule has 7 nitrogen and oxygen atoms in total. The van der Waals surface area contributed by atoms with Crippen molar-refractivity contribution in [3.8, 4) is 11.4 Å². The number of hydrogen-bond acceptors (Lipinski definition) is 6. The van der Waals surface area contributed by atoms with Gasteiger partial charge in [-0.05, 0) is 40.0 Å². The van der Waals surface area contributed by atoms with Gasteiger partial charge in [0.05, 0.1) is 0 Å². The van der Waals surface area contributed by atoms with Gasteiger partial charge in [0.25, 0.3) is 0 Å². The Hall–Kier alpha value is -2.93. The topological polar surface area (TPSA) is 73.0 Å². The van der Waals surface area contributed by atoms with Crippen LogP contribution in [0, 0.1) is 20.8 Å². The Morgan fingerprint density at radius 3 is 2.21 bits per heavy atom. The van der Waals surface area contributed by atoms with E-state index in [0.717, 1.165) is 60.7 Å². The first kappa shape index (κ1) is 18.4. The van der Waals surface area contributed by atoms with E-state index in [4.69, 9.17) is 9.97 Å². The van der Waals surface area contributed by atoms with Crippen molar-refractivity contribution in [2.45, 2.75) is 20.8 Å². The minimum atomic E-state index is 0.734. The maximum absolute atomic E-state index is 4.91. The second-order valence-electron chi connectivity index (χ2n) is 7.66. The Kier molecular flexibility index (Phi) is 5.00. The predicted molar refractivity (Wildman–Crippen MR) is 113 cm³/mol. The summed E-state index contributed by atoms with van der Waals surface area (Å²) in [5, 5.41) is 10.6. The van der Waals surface area contributed by atoms with Gasteiger partial charge in [-0.2, -0.15) is 5.10 Å². The van der Waals surface area contributed by atoms with Crippen molar-refractivity contribution >= 4 is 17.5 Å². The lowest BCUT2D eigenvalue weighted by Gasteiger charge is -2.33. The maximum Gasteiger partial charge on any atom is 0.163 e. The highest BCUT2D eigenvalue weighted by Crippen LogP contribution is 2.26. The number of aromatic nitrogens is 4. The average molecular weight is 377 g/mol. The summed E-state index contributed by atoms with van der Waals surface area (Å²) in [6, 6.07) is 10.4. The lowest BCUT2D eigenvalue weighted by molar-refractivity contribution is 0.312. The van der Waals surface area contributed by atoms with Gasteiger partial charge in [0, 0.05) is 49.6 Å². The lowest BCUT2D eigenvalue weighted by atomic mass is 10.1. The van der Waals surface area contributed by atoms with Crippen LogP contribution in [0.5, 0.6) is 0 Å². The number of piperazine rings is 1. The molecule has 0 aliphatic carbocycles. The zero-order chi connectivity index (χ0) is 19.7. The molecule has 3 heterocycles. The van der Waals surface area contributed by atoms with Crippen molar-refractivity contribution in [3.05, 3.63) is 47.2 Å². The van der Waals surface area contributed by atoms with Crippen LogP contribution in [0.2, 0.25) is 0 Å². The van der Waals surface area contributed by atoms with Gasteiger partial charge in [-0.25, -0.2) is 9.97 Å². The third-order valence-electron chi connectivity index (χ3n) is 4.98. The zero-order valence-corrected chi connectivity index (χ0v) is 17.0. The Balaban J connectivity index is 1.73. The number of rotatable bonds is 4. The fraction of sp³-hybridized carbons (Fsp3) is 0.381. The summed E-state index contributed by atoms with van der Waals surface area (Å²) in [5.41, 5.74) is 4.46. The van der Waals surface area contributed by atoms with E-state index in [0.29, 0.717) is 0 Å². The first-order valence-electron chi connectivity index (χ1n) is 9.66. The van der Waals surface area contributed by atoms with Crippen LogP contribution in [0.1, 0.15) is 16.8 Å². The van der Waals surface area contributed by atoms with Gasteiger partial charge in [-0.3, -0.25) is 5.10 Å². The number of aromatic amines is 1. The highest BCUT2D eigenvalue weighted by molar-refractivity contribution is 5.65. The van der Waals surface area contributed by atoms with Crippen molar-refractivity contribution in [2.24, 2.45) is 0 Å². The van der Waals surface area contributed by atoms with E-state index in [-0.39, 0.29) is 0 Å². The molecule has 1 aromatic carbocycles. The summed E-state index contributed by atoms with van der Waals surface area (Å²) in [5.74, 6) is 3.20. The van der Waals surface area contributed by atoms with Crippen molar-refractivity contribution in [1.29, 1.82) is 0 Å². The third-order valence-corrected chi connectivity index (χ3v) is 4.98. The number of likely N-dealkylation sites (N-methyl/N-ethyl adjacent to an activating group) is 1. The van der Waals surface area contributed by atoms with Crippen LogP contribution in [-0.2, 0) is 0 Å². The number of nitrogens with zero attached hydrogens (tertiary/aromatic N) is 5. The molecule has 146 valence electrons. The molecule has 2 aromatic heterocycles. The number of nitrogens with one attached hydrogen (secondary N) is 2. The summed E-state index contributed by atoms with van der Waals surface area (Å²) in [4.78, 5) is 14.4. The zero-order valence-electron chi connectivity index (χ0n) is 17.0. The van der Waals surface area contributed by atoms with Gasteiger partial charge in [-0.1, -0.05) is 17.2 Å². The summed E-state index contributed by atoms with van der Waals surface area (Å²) >= 11 is 0. The Labute approximate surface area is 165 Å². The molecule has 0 bridgehead atoms. The van der Waals surface area contributed by atoms with Crippen molar-refractivity contribution < 1.29 is 0 Å². The van der Waals surface area contributed by atoms with E-state index in [9.17, 15) is 0 Å². The average Bonchev–Trinajstić information content (AvgIpc) is 3.06. The third kappa shape index (κ3) is 4.14. The molecule has 1 aliphatic rings. The van der Waals surface area contributed by atoms with Crippen LogP contribution in [0.25, 0.3) is 11.4 Å². The van der Waals surface area contributed by atoms with Gasteiger partial charge < -0.3 is 15.1 Å². The Morgan fingerprint density at radius 1 is 0.857 bits per heavy atom. The van der Waals surface area contributed by atoms with E-state index in [1.807, 2.05) is 19.1 Å². The molecule has 7 heteroatoms. The molecule has 0 unspecified atom stereocenters. The minimum absolute atomic E-state index is 0.734. The van der Waals surface area contributed by atoms with E-state index < -0.39 is 0 Å². The van der Waals surface area contributed by atoms with Crippen LogP contribution in [-0.4, -0.2) is 58.3 Å². The number of H-pyrrole nitrogens is 1. The number of anilines is 3. The molecule has 0 spiro atoms. The molecule has 1 fully saturated rings. The monoisotopic (exact) mass is 377 g/mol. The van der Waals surface area contributed by atoms with Gasteiger partial charge in [0.1, 0.15) is 11.6 Å². The summed E-state index contributed by atoms with van der Waals surface area (Å²) in [7, 11) is 2.16. The molecule has 0 atom stereocenters. The molecule has 3 aromatic rings. The molecule has 1 saturated heterocycles. The summed E-state index contributed by atoms with van der Waals surface area (Å²) < 4.78 is 0. The largest absolute Gasteiger partial charge is 0.354 e. The Bertz CT molecular complexity index is 950. The van der Waals surface area contributed by atoms with Crippen LogP contribution >= 0.6 is 0 Å². The van der Waals surface area contributed by atoms with Crippen molar-refractivity contribution in [2.75, 3.05) is 43.4 Å². The quantitative estimate of drug-likeness (QED) is 0.727. The first-order valence-corrected chi connectivity index (χ1v) is 9.66. The van der Waals surface area contributed by atoms with E-state index >= 15 is 0 Å². The van der Waals surface area contributed by atoms with Crippen LogP contribution < -0.4 is 10.2 Å². The number of benzene rings is 1. The molecule has 0 saturated carbocycles. The molecular weight excluding hydrogens is 350 g/mol. The molecule has 1 aliphatic heterocycles. The Morgan fingerprint density at radius 2 is 1.57 bits per heavy atom. The fourth-order valence-corrected chi connectivity index (χ4v) is 3.54. The van der Waals surface area contributed by atoms with Gasteiger partial charge in [0.2, 0.25) is 0 Å². The fourth-order valence-electron chi connectivity index (χ4n) is 3.54. The van der Waals surface area contributed by atoms with Gasteiger partial charge >= 0.3 is 0 Å². The summed E-state index contributed by atoms with van der Waals surface area (Å²) in [6.45, 7) is 10.2.